The smallest absolute Gasteiger partial charge is 0.550 e. The number of aliphatic hydroxyl groups excluding tert-OH is 1. The molecule has 22 heavy (non-hydrogen) atoms. The summed E-state index contributed by atoms with van der Waals surface area (Å²) in [6, 6.07) is 0. The van der Waals surface area contributed by atoms with Gasteiger partial charge in [0.15, 0.2) is 0 Å². The summed E-state index contributed by atoms with van der Waals surface area (Å²) in [7, 11) is 0. The monoisotopic (exact) mass is 320 g/mol. The quantitative estimate of drug-likeness (QED) is 0.275. The number of aliphatic carboxylic acids is 1. The van der Waals surface area contributed by atoms with Gasteiger partial charge >= 0.3 is 29.6 Å². The van der Waals surface area contributed by atoms with Gasteiger partial charge in [-0.3, -0.25) is 0 Å². The van der Waals surface area contributed by atoms with Gasteiger partial charge in [0, 0.05) is 5.97 Å². The molecular weight excluding hydrogens is 287 g/mol. The minimum atomic E-state index is -1.08. The molecule has 0 heterocycles. The van der Waals surface area contributed by atoms with Crippen LogP contribution in [0.5, 0.6) is 0 Å². The average molecular weight is 320 g/mol. The van der Waals surface area contributed by atoms with Crippen LogP contribution in [0.2, 0.25) is 0 Å². The molecule has 0 rings (SSSR count). The summed E-state index contributed by atoms with van der Waals surface area (Å²) in [6.07, 6.45) is 17.3. The first kappa shape index (κ1) is 24.4. The van der Waals surface area contributed by atoms with Crippen molar-refractivity contribution in [1.82, 2.24) is 0 Å². The van der Waals surface area contributed by atoms with Crippen LogP contribution in [0.3, 0.4) is 0 Å². The van der Waals surface area contributed by atoms with Crippen LogP contribution >= 0.6 is 0 Å². The van der Waals surface area contributed by atoms with Crippen LogP contribution in [0.1, 0.15) is 90.4 Å². The number of hydrogen-bond donors (Lipinski definition) is 1. The SMILES string of the molecule is CCCCCCCC/C=C\CCCCC(O)CCC(=O)[O-].[Na+]. The van der Waals surface area contributed by atoms with E-state index in [4.69, 9.17) is 0 Å². The first-order valence-electron chi connectivity index (χ1n) is 8.69. The minimum Gasteiger partial charge on any atom is -0.550 e. The first-order chi connectivity index (χ1) is 10.2. The van der Waals surface area contributed by atoms with Crippen molar-refractivity contribution in [2.24, 2.45) is 0 Å². The van der Waals surface area contributed by atoms with Gasteiger partial charge < -0.3 is 15.0 Å². The molecule has 0 aliphatic rings. The zero-order valence-electron chi connectivity index (χ0n) is 14.7. The Morgan fingerprint density at radius 2 is 1.50 bits per heavy atom. The van der Waals surface area contributed by atoms with Crippen molar-refractivity contribution in [3.63, 3.8) is 0 Å². The van der Waals surface area contributed by atoms with E-state index >= 15 is 0 Å². The molecule has 124 valence electrons. The molecule has 1 atom stereocenters. The van der Waals surface area contributed by atoms with Crippen LogP contribution in [0.25, 0.3) is 0 Å². The van der Waals surface area contributed by atoms with E-state index in [9.17, 15) is 15.0 Å². The molecule has 0 amide bonds. The number of carboxylic acids is 1. The largest absolute Gasteiger partial charge is 1.00 e. The standard InChI is InChI=1S/C18H34O3.Na/c1-2-3-4-5-6-7-8-9-10-11-12-13-14-17(19)15-16-18(20)21;/h9-10,17,19H,2-8,11-16H2,1H3,(H,20,21);/q;+1/p-1/b10-9-;. The Balaban J connectivity index is 0. The Morgan fingerprint density at radius 3 is 2.09 bits per heavy atom. The van der Waals surface area contributed by atoms with Crippen LogP contribution in [0.4, 0.5) is 0 Å². The fourth-order valence-corrected chi connectivity index (χ4v) is 2.35. The van der Waals surface area contributed by atoms with E-state index in [1.54, 1.807) is 0 Å². The number of hydrogen-bond acceptors (Lipinski definition) is 3. The molecule has 0 aromatic rings. The molecular formula is C18H33NaO3. The maximum absolute atomic E-state index is 10.2. The van der Waals surface area contributed by atoms with E-state index in [1.165, 1.54) is 44.9 Å². The van der Waals surface area contributed by atoms with Crippen LogP contribution in [-0.4, -0.2) is 17.2 Å². The second kappa shape index (κ2) is 19.2. The van der Waals surface area contributed by atoms with Gasteiger partial charge in [-0.25, -0.2) is 0 Å². The summed E-state index contributed by atoms with van der Waals surface area (Å²) in [5.74, 6) is -1.08. The number of aliphatic hydroxyl groups is 1. The normalized spacial score (nSPS) is 12.3. The van der Waals surface area contributed by atoms with Gasteiger partial charge in [-0.15, -0.1) is 0 Å². The summed E-state index contributed by atoms with van der Waals surface area (Å²) in [5, 5.41) is 19.8. The van der Waals surface area contributed by atoms with Gasteiger partial charge in [0.2, 0.25) is 0 Å². The second-order valence-electron chi connectivity index (χ2n) is 5.88. The topological polar surface area (TPSA) is 60.4 Å². The number of carboxylic acid groups (broad SMARTS) is 1. The molecule has 4 heteroatoms. The number of carbonyl (C=O) groups is 1. The predicted octanol–water partition coefficient (Wildman–Crippen LogP) is 0.749. The molecule has 0 fully saturated rings. The summed E-state index contributed by atoms with van der Waals surface area (Å²) in [4.78, 5) is 10.2. The molecule has 0 saturated heterocycles. The third kappa shape index (κ3) is 20.2. The molecule has 0 aromatic heterocycles. The number of rotatable bonds is 15. The van der Waals surface area contributed by atoms with Crippen molar-refractivity contribution in [2.75, 3.05) is 0 Å². The van der Waals surface area contributed by atoms with Crippen LogP contribution in [-0.2, 0) is 4.79 Å². The zero-order chi connectivity index (χ0) is 15.8. The number of allylic oxidation sites excluding steroid dienone is 2. The van der Waals surface area contributed by atoms with Crippen molar-refractivity contribution >= 4 is 5.97 Å². The minimum absolute atomic E-state index is 0. The van der Waals surface area contributed by atoms with Crippen LogP contribution in [0.15, 0.2) is 12.2 Å². The maximum atomic E-state index is 10.2. The Bertz CT molecular complexity index is 267. The summed E-state index contributed by atoms with van der Waals surface area (Å²) < 4.78 is 0. The molecule has 1 N–H and O–H groups in total. The zero-order valence-corrected chi connectivity index (χ0v) is 16.7. The van der Waals surface area contributed by atoms with E-state index in [-0.39, 0.29) is 36.0 Å². The Morgan fingerprint density at radius 1 is 0.955 bits per heavy atom. The molecule has 0 spiro atoms. The van der Waals surface area contributed by atoms with E-state index < -0.39 is 12.1 Å². The molecule has 0 saturated carbocycles. The fourth-order valence-electron chi connectivity index (χ4n) is 2.35. The van der Waals surface area contributed by atoms with Crippen LogP contribution < -0.4 is 34.7 Å². The van der Waals surface area contributed by atoms with E-state index in [1.807, 2.05) is 0 Å². The van der Waals surface area contributed by atoms with Gasteiger partial charge in [-0.1, -0.05) is 57.6 Å². The third-order valence-corrected chi connectivity index (χ3v) is 3.73. The van der Waals surface area contributed by atoms with Gasteiger partial charge in [0.1, 0.15) is 0 Å². The summed E-state index contributed by atoms with van der Waals surface area (Å²) in [6.45, 7) is 2.24. The van der Waals surface area contributed by atoms with Crippen LogP contribution in [0, 0.1) is 0 Å². The number of unbranched alkanes of at least 4 members (excludes halogenated alkanes) is 8. The fraction of sp³-hybridized carbons (Fsp3) is 0.833. The summed E-state index contributed by atoms with van der Waals surface area (Å²) >= 11 is 0. The van der Waals surface area contributed by atoms with Gasteiger partial charge in [0.05, 0.1) is 6.10 Å². The van der Waals surface area contributed by atoms with E-state index in [0.29, 0.717) is 12.8 Å². The third-order valence-electron chi connectivity index (χ3n) is 3.73. The first-order valence-corrected chi connectivity index (χ1v) is 8.69. The van der Waals surface area contributed by atoms with E-state index in [0.717, 1.165) is 19.3 Å². The Labute approximate surface area is 158 Å². The number of carbonyl (C=O) groups excluding carboxylic acids is 1. The van der Waals surface area contributed by atoms with Gasteiger partial charge in [0.25, 0.3) is 0 Å². The molecule has 3 nitrogen and oxygen atoms in total. The molecule has 1 unspecified atom stereocenters. The van der Waals surface area contributed by atoms with Crippen molar-refractivity contribution < 1.29 is 44.6 Å². The van der Waals surface area contributed by atoms with Crippen molar-refractivity contribution in [3.8, 4) is 0 Å². The average Bonchev–Trinajstić information content (AvgIpc) is 2.46. The van der Waals surface area contributed by atoms with Gasteiger partial charge in [-0.05, 0) is 44.9 Å². The predicted molar refractivity (Wildman–Crippen MR) is 85.8 cm³/mol. The maximum Gasteiger partial charge on any atom is 1.00 e. The second-order valence-corrected chi connectivity index (χ2v) is 5.88. The molecule has 0 aliphatic heterocycles. The van der Waals surface area contributed by atoms with Crippen molar-refractivity contribution in [2.45, 2.75) is 96.5 Å². The summed E-state index contributed by atoms with van der Waals surface area (Å²) in [5.41, 5.74) is 0. The van der Waals surface area contributed by atoms with Crippen molar-refractivity contribution in [3.05, 3.63) is 12.2 Å². The Hall–Kier alpha value is 0.170. The van der Waals surface area contributed by atoms with Crippen molar-refractivity contribution in [1.29, 1.82) is 0 Å². The van der Waals surface area contributed by atoms with E-state index in [2.05, 4.69) is 19.1 Å². The van der Waals surface area contributed by atoms with Gasteiger partial charge in [-0.2, -0.15) is 0 Å². The Kier molecular flexibility index (Phi) is 21.3. The molecule has 0 radical (unpaired) electrons. The molecule has 0 aliphatic carbocycles. The molecule has 0 aromatic carbocycles. The molecule has 0 bridgehead atoms.